The molecule has 0 aliphatic carbocycles. The number of amides is 1. The van der Waals surface area contributed by atoms with Crippen LogP contribution in [0.5, 0.6) is 0 Å². The Balaban J connectivity index is 2.70. The minimum Gasteiger partial charge on any atom is -0.345 e. The van der Waals surface area contributed by atoms with Gasteiger partial charge in [0.2, 0.25) is 0 Å². The molecule has 0 fully saturated rings. The van der Waals surface area contributed by atoms with Crippen LogP contribution in [-0.4, -0.2) is 23.2 Å². The van der Waals surface area contributed by atoms with Crippen LogP contribution in [0.2, 0.25) is 0 Å². The van der Waals surface area contributed by atoms with Gasteiger partial charge in [0.05, 0.1) is 17.8 Å². The summed E-state index contributed by atoms with van der Waals surface area (Å²) in [6.45, 7) is 9.21. The molecule has 0 aromatic carbocycles. The number of rotatable bonds is 3. The first-order valence-corrected chi connectivity index (χ1v) is 5.97. The number of carbonyl (C=O) groups excluding carboxylic acids is 2. The Bertz CT molecular complexity index is 473. The maximum Gasteiger partial charge on any atom is 0.253 e. The number of nitrogens with one attached hydrogen (secondary N) is 1. The van der Waals surface area contributed by atoms with Crippen molar-refractivity contribution < 1.29 is 9.59 Å². The van der Waals surface area contributed by atoms with Crippen LogP contribution in [0.25, 0.3) is 0 Å². The third kappa shape index (κ3) is 3.65. The number of hydrogen-bond acceptors (Lipinski definition) is 3. The summed E-state index contributed by atoms with van der Waals surface area (Å²) >= 11 is 0. The summed E-state index contributed by atoms with van der Waals surface area (Å²) < 4.78 is 0. The SMILES string of the molecule is Cc1ccc(C(=O)NCC(=O)C(C)(C)C)c(C)n1. The summed E-state index contributed by atoms with van der Waals surface area (Å²) in [6, 6.07) is 3.52. The zero-order valence-corrected chi connectivity index (χ0v) is 11.6. The van der Waals surface area contributed by atoms with E-state index in [1.807, 2.05) is 27.7 Å². The molecule has 0 unspecified atom stereocenters. The van der Waals surface area contributed by atoms with Crippen molar-refractivity contribution in [2.45, 2.75) is 34.6 Å². The van der Waals surface area contributed by atoms with E-state index in [0.29, 0.717) is 11.3 Å². The van der Waals surface area contributed by atoms with Crippen LogP contribution in [0.4, 0.5) is 0 Å². The summed E-state index contributed by atoms with van der Waals surface area (Å²) in [7, 11) is 0. The number of aromatic nitrogens is 1. The van der Waals surface area contributed by atoms with Crippen molar-refractivity contribution in [2.75, 3.05) is 6.54 Å². The highest BCUT2D eigenvalue weighted by Gasteiger charge is 2.21. The van der Waals surface area contributed by atoms with E-state index >= 15 is 0 Å². The fourth-order valence-corrected chi connectivity index (χ4v) is 1.45. The molecule has 1 amide bonds. The minimum absolute atomic E-state index is 0.00794. The summed E-state index contributed by atoms with van der Waals surface area (Å²) in [5.41, 5.74) is 1.63. The molecule has 1 N–H and O–H groups in total. The van der Waals surface area contributed by atoms with Gasteiger partial charge in [0.25, 0.3) is 5.91 Å². The third-order valence-corrected chi connectivity index (χ3v) is 2.72. The van der Waals surface area contributed by atoms with E-state index in [9.17, 15) is 9.59 Å². The van der Waals surface area contributed by atoms with Crippen LogP contribution >= 0.6 is 0 Å². The molecule has 0 atom stereocenters. The lowest BCUT2D eigenvalue weighted by Crippen LogP contribution is -2.35. The molecular weight excluding hydrogens is 228 g/mol. The predicted octanol–water partition coefficient (Wildman–Crippen LogP) is 2.04. The number of ketones is 1. The molecule has 0 radical (unpaired) electrons. The van der Waals surface area contributed by atoms with Crippen molar-refractivity contribution in [2.24, 2.45) is 5.41 Å². The number of pyridine rings is 1. The van der Waals surface area contributed by atoms with E-state index in [-0.39, 0.29) is 18.2 Å². The molecule has 1 heterocycles. The lowest BCUT2D eigenvalue weighted by atomic mass is 9.91. The minimum atomic E-state index is -0.437. The van der Waals surface area contributed by atoms with Gasteiger partial charge in [0.15, 0.2) is 5.78 Å². The molecule has 18 heavy (non-hydrogen) atoms. The standard InChI is InChI=1S/C14H20N2O2/c1-9-6-7-11(10(2)16-9)13(18)15-8-12(17)14(3,4)5/h6-7H,8H2,1-5H3,(H,15,18). The smallest absolute Gasteiger partial charge is 0.253 e. The van der Waals surface area contributed by atoms with E-state index in [4.69, 9.17) is 0 Å². The predicted molar refractivity (Wildman–Crippen MR) is 70.5 cm³/mol. The molecule has 0 aliphatic rings. The van der Waals surface area contributed by atoms with E-state index in [1.54, 1.807) is 19.1 Å². The van der Waals surface area contributed by atoms with Gasteiger partial charge in [-0.3, -0.25) is 14.6 Å². The average Bonchev–Trinajstić information content (AvgIpc) is 2.24. The van der Waals surface area contributed by atoms with Crippen molar-refractivity contribution in [3.05, 3.63) is 29.1 Å². The van der Waals surface area contributed by atoms with E-state index in [2.05, 4.69) is 10.3 Å². The van der Waals surface area contributed by atoms with Crippen LogP contribution in [0.3, 0.4) is 0 Å². The average molecular weight is 248 g/mol. The first-order chi connectivity index (χ1) is 8.21. The van der Waals surface area contributed by atoms with Crippen molar-refractivity contribution in [1.29, 1.82) is 0 Å². The third-order valence-electron chi connectivity index (χ3n) is 2.72. The Morgan fingerprint density at radius 1 is 1.22 bits per heavy atom. The quantitative estimate of drug-likeness (QED) is 0.890. The number of aryl methyl sites for hydroxylation is 2. The molecule has 1 aromatic rings. The van der Waals surface area contributed by atoms with Crippen molar-refractivity contribution in [3.63, 3.8) is 0 Å². The maximum atomic E-state index is 11.9. The maximum absolute atomic E-state index is 11.9. The number of nitrogens with zero attached hydrogens (tertiary/aromatic N) is 1. The molecule has 0 saturated carbocycles. The van der Waals surface area contributed by atoms with E-state index < -0.39 is 5.41 Å². The first-order valence-electron chi connectivity index (χ1n) is 5.97. The molecule has 1 rings (SSSR count). The Hall–Kier alpha value is -1.71. The summed E-state index contributed by atoms with van der Waals surface area (Å²) in [5.74, 6) is -0.244. The van der Waals surface area contributed by atoms with Crippen LogP contribution in [0.15, 0.2) is 12.1 Å². The van der Waals surface area contributed by atoms with Crippen molar-refractivity contribution in [1.82, 2.24) is 10.3 Å². The van der Waals surface area contributed by atoms with Gasteiger partial charge < -0.3 is 5.32 Å². The Labute approximate surface area is 108 Å². The van der Waals surface area contributed by atoms with Gasteiger partial charge >= 0.3 is 0 Å². The molecular formula is C14H20N2O2. The van der Waals surface area contributed by atoms with Gasteiger partial charge in [0, 0.05) is 11.1 Å². The Kier molecular flexibility index (Phi) is 4.22. The van der Waals surface area contributed by atoms with E-state index in [1.165, 1.54) is 0 Å². The largest absolute Gasteiger partial charge is 0.345 e. The van der Waals surface area contributed by atoms with E-state index in [0.717, 1.165) is 5.69 Å². The lowest BCUT2D eigenvalue weighted by Gasteiger charge is -2.17. The second kappa shape index (κ2) is 5.29. The van der Waals surface area contributed by atoms with Crippen LogP contribution in [-0.2, 0) is 4.79 Å². The Morgan fingerprint density at radius 2 is 1.83 bits per heavy atom. The zero-order chi connectivity index (χ0) is 13.9. The number of Topliss-reactive ketones (excluding diaryl/α,β-unsaturated/α-hetero) is 1. The highest BCUT2D eigenvalue weighted by molar-refractivity contribution is 5.98. The number of carbonyl (C=O) groups is 2. The molecule has 0 saturated heterocycles. The van der Waals surface area contributed by atoms with Gasteiger partial charge in [-0.15, -0.1) is 0 Å². The van der Waals surface area contributed by atoms with Crippen LogP contribution in [0.1, 0.15) is 42.5 Å². The fraction of sp³-hybridized carbons (Fsp3) is 0.500. The second-order valence-electron chi connectivity index (χ2n) is 5.44. The van der Waals surface area contributed by atoms with Crippen molar-refractivity contribution in [3.8, 4) is 0 Å². The highest BCUT2D eigenvalue weighted by atomic mass is 16.2. The summed E-state index contributed by atoms with van der Waals surface area (Å²) in [5, 5.41) is 2.64. The second-order valence-corrected chi connectivity index (χ2v) is 5.44. The Morgan fingerprint density at radius 3 is 2.33 bits per heavy atom. The van der Waals surface area contributed by atoms with Gasteiger partial charge in [-0.05, 0) is 26.0 Å². The monoisotopic (exact) mass is 248 g/mol. The molecule has 0 bridgehead atoms. The molecule has 0 spiro atoms. The van der Waals surface area contributed by atoms with Crippen LogP contribution < -0.4 is 5.32 Å². The molecule has 4 heteroatoms. The molecule has 98 valence electrons. The van der Waals surface area contributed by atoms with Gasteiger partial charge in [0.1, 0.15) is 0 Å². The normalized spacial score (nSPS) is 11.2. The molecule has 0 aliphatic heterocycles. The summed E-state index contributed by atoms with van der Waals surface area (Å²) in [4.78, 5) is 27.8. The summed E-state index contributed by atoms with van der Waals surface area (Å²) in [6.07, 6.45) is 0. The van der Waals surface area contributed by atoms with Gasteiger partial charge in [-0.25, -0.2) is 0 Å². The zero-order valence-electron chi connectivity index (χ0n) is 11.6. The van der Waals surface area contributed by atoms with Crippen LogP contribution in [0, 0.1) is 19.3 Å². The molecule has 1 aromatic heterocycles. The topological polar surface area (TPSA) is 59.1 Å². The van der Waals surface area contributed by atoms with Gasteiger partial charge in [-0.2, -0.15) is 0 Å². The molecule has 4 nitrogen and oxygen atoms in total. The fourth-order valence-electron chi connectivity index (χ4n) is 1.45. The first kappa shape index (κ1) is 14.4. The number of hydrogen-bond donors (Lipinski definition) is 1. The highest BCUT2D eigenvalue weighted by Crippen LogP contribution is 2.13. The van der Waals surface area contributed by atoms with Gasteiger partial charge in [-0.1, -0.05) is 20.8 Å². The van der Waals surface area contributed by atoms with Crippen molar-refractivity contribution >= 4 is 11.7 Å². The lowest BCUT2D eigenvalue weighted by molar-refractivity contribution is -0.125.